The minimum atomic E-state index is -0.864. The van der Waals surface area contributed by atoms with Crippen LogP contribution >= 0.6 is 23.1 Å². The third-order valence-electron chi connectivity index (χ3n) is 2.00. The molecule has 2 rings (SSSR count). The molecule has 2 heterocycles. The Kier molecular flexibility index (Phi) is 3.75. The minimum Gasteiger partial charge on any atom is -0.481 e. The molecule has 17 heavy (non-hydrogen) atoms. The van der Waals surface area contributed by atoms with Gasteiger partial charge in [0.25, 0.3) is 0 Å². The van der Waals surface area contributed by atoms with Gasteiger partial charge in [0.05, 0.1) is 12.3 Å². The van der Waals surface area contributed by atoms with E-state index < -0.39 is 5.97 Å². The largest absolute Gasteiger partial charge is 0.481 e. The molecule has 0 saturated heterocycles. The molecule has 0 radical (unpaired) electrons. The first kappa shape index (κ1) is 12.1. The molecule has 0 spiro atoms. The monoisotopic (exact) mass is 270 g/mol. The highest BCUT2D eigenvalue weighted by atomic mass is 32.2. The first-order valence-electron chi connectivity index (χ1n) is 4.79. The van der Waals surface area contributed by atoms with E-state index in [9.17, 15) is 4.79 Å². The van der Waals surface area contributed by atoms with Crippen LogP contribution in [0.3, 0.4) is 0 Å². The summed E-state index contributed by atoms with van der Waals surface area (Å²) in [5.41, 5.74) is 0. The number of thiazole rings is 1. The fourth-order valence-corrected chi connectivity index (χ4v) is 2.55. The molecular weight excluding hydrogens is 260 g/mol. The lowest BCUT2D eigenvalue weighted by atomic mass is 10.6. The van der Waals surface area contributed by atoms with E-state index in [1.54, 1.807) is 17.5 Å². The number of carboxylic acid groups (broad SMARTS) is 1. The van der Waals surface area contributed by atoms with Gasteiger partial charge in [0.15, 0.2) is 5.16 Å². The SMILES string of the molecule is Cc1nnc(SCC(=O)O)n1Cc1nccs1. The molecule has 6 nitrogen and oxygen atoms in total. The van der Waals surface area contributed by atoms with Crippen LogP contribution in [0.1, 0.15) is 10.8 Å². The lowest BCUT2D eigenvalue weighted by Crippen LogP contribution is -2.05. The van der Waals surface area contributed by atoms with E-state index in [2.05, 4.69) is 15.2 Å². The highest BCUT2D eigenvalue weighted by Crippen LogP contribution is 2.18. The fourth-order valence-electron chi connectivity index (χ4n) is 1.24. The molecule has 0 amide bonds. The van der Waals surface area contributed by atoms with Gasteiger partial charge >= 0.3 is 5.97 Å². The molecule has 0 bridgehead atoms. The Morgan fingerprint density at radius 3 is 3.06 bits per heavy atom. The van der Waals surface area contributed by atoms with Crippen molar-refractivity contribution in [2.45, 2.75) is 18.6 Å². The number of aliphatic carboxylic acids is 1. The number of aryl methyl sites for hydroxylation is 1. The molecule has 0 aliphatic rings. The van der Waals surface area contributed by atoms with Crippen molar-refractivity contribution in [3.63, 3.8) is 0 Å². The lowest BCUT2D eigenvalue weighted by Gasteiger charge is -2.04. The molecule has 0 aliphatic heterocycles. The van der Waals surface area contributed by atoms with Crippen molar-refractivity contribution in [2.75, 3.05) is 5.75 Å². The molecule has 0 atom stereocenters. The summed E-state index contributed by atoms with van der Waals surface area (Å²) in [5, 5.41) is 20.0. The molecule has 0 aromatic carbocycles. The number of carbonyl (C=O) groups is 1. The van der Waals surface area contributed by atoms with Gasteiger partial charge in [0, 0.05) is 11.6 Å². The Morgan fingerprint density at radius 1 is 1.59 bits per heavy atom. The van der Waals surface area contributed by atoms with Crippen molar-refractivity contribution in [1.29, 1.82) is 0 Å². The second-order valence-electron chi connectivity index (χ2n) is 3.22. The Morgan fingerprint density at radius 2 is 2.41 bits per heavy atom. The van der Waals surface area contributed by atoms with E-state index in [-0.39, 0.29) is 5.75 Å². The van der Waals surface area contributed by atoms with E-state index in [0.29, 0.717) is 11.7 Å². The quantitative estimate of drug-likeness (QED) is 0.824. The maximum Gasteiger partial charge on any atom is 0.313 e. The topological polar surface area (TPSA) is 80.9 Å². The van der Waals surface area contributed by atoms with Crippen molar-refractivity contribution in [3.05, 3.63) is 22.4 Å². The van der Waals surface area contributed by atoms with Gasteiger partial charge in [0.2, 0.25) is 0 Å². The zero-order valence-corrected chi connectivity index (χ0v) is 10.7. The van der Waals surface area contributed by atoms with Crippen LogP contribution in [-0.4, -0.2) is 36.6 Å². The van der Waals surface area contributed by atoms with Crippen LogP contribution in [0.5, 0.6) is 0 Å². The van der Waals surface area contributed by atoms with Crippen LogP contribution < -0.4 is 0 Å². The first-order chi connectivity index (χ1) is 8.16. The normalized spacial score (nSPS) is 10.6. The summed E-state index contributed by atoms with van der Waals surface area (Å²) in [6.07, 6.45) is 1.74. The van der Waals surface area contributed by atoms with Crippen molar-refractivity contribution in [2.24, 2.45) is 0 Å². The molecule has 0 unspecified atom stereocenters. The number of nitrogens with zero attached hydrogens (tertiary/aromatic N) is 4. The highest BCUT2D eigenvalue weighted by molar-refractivity contribution is 7.99. The van der Waals surface area contributed by atoms with E-state index in [1.165, 1.54) is 0 Å². The zero-order valence-electron chi connectivity index (χ0n) is 9.03. The number of carboxylic acids is 1. The number of aromatic nitrogens is 4. The number of rotatable bonds is 5. The van der Waals surface area contributed by atoms with Gasteiger partial charge in [-0.05, 0) is 6.92 Å². The van der Waals surface area contributed by atoms with Crippen LogP contribution in [0.15, 0.2) is 16.7 Å². The van der Waals surface area contributed by atoms with E-state index in [0.717, 1.165) is 22.6 Å². The van der Waals surface area contributed by atoms with Gasteiger partial charge in [0.1, 0.15) is 10.8 Å². The molecule has 1 N–H and O–H groups in total. The third kappa shape index (κ3) is 3.04. The second-order valence-corrected chi connectivity index (χ2v) is 5.15. The summed E-state index contributed by atoms with van der Waals surface area (Å²) in [6, 6.07) is 0. The number of thioether (sulfide) groups is 1. The minimum absolute atomic E-state index is 0.0179. The molecule has 90 valence electrons. The highest BCUT2D eigenvalue weighted by Gasteiger charge is 2.12. The number of hydrogen-bond acceptors (Lipinski definition) is 6. The zero-order chi connectivity index (χ0) is 12.3. The van der Waals surface area contributed by atoms with E-state index >= 15 is 0 Å². The maximum absolute atomic E-state index is 10.5. The first-order valence-corrected chi connectivity index (χ1v) is 6.66. The van der Waals surface area contributed by atoms with Crippen LogP contribution in [0.4, 0.5) is 0 Å². The Hall–Kier alpha value is -1.41. The molecule has 0 saturated carbocycles. The van der Waals surface area contributed by atoms with E-state index in [1.807, 2.05) is 16.9 Å². The molecular formula is C9H10N4O2S2. The second kappa shape index (κ2) is 5.28. The molecule has 2 aromatic rings. The predicted molar refractivity (Wildman–Crippen MR) is 64.3 cm³/mol. The average Bonchev–Trinajstić information content (AvgIpc) is 2.89. The molecule has 0 aliphatic carbocycles. The lowest BCUT2D eigenvalue weighted by molar-refractivity contribution is -0.133. The molecule has 8 heteroatoms. The number of hydrogen-bond donors (Lipinski definition) is 1. The summed E-state index contributed by atoms with van der Waals surface area (Å²) >= 11 is 2.71. The smallest absolute Gasteiger partial charge is 0.313 e. The van der Waals surface area contributed by atoms with Gasteiger partial charge in [-0.1, -0.05) is 11.8 Å². The van der Waals surface area contributed by atoms with Gasteiger partial charge in [-0.25, -0.2) is 4.98 Å². The van der Waals surface area contributed by atoms with Crippen LogP contribution in [0.2, 0.25) is 0 Å². The summed E-state index contributed by atoms with van der Waals surface area (Å²) in [5.74, 6) is -0.125. The van der Waals surface area contributed by atoms with Crippen molar-refractivity contribution >= 4 is 29.1 Å². The van der Waals surface area contributed by atoms with Crippen molar-refractivity contribution < 1.29 is 9.90 Å². The predicted octanol–water partition coefficient (Wildman–Crippen LogP) is 1.27. The summed E-state index contributed by atoms with van der Waals surface area (Å²) in [7, 11) is 0. The Labute approximate surface area is 106 Å². The van der Waals surface area contributed by atoms with Gasteiger partial charge in [-0.15, -0.1) is 21.5 Å². The van der Waals surface area contributed by atoms with Gasteiger partial charge in [-0.3, -0.25) is 9.36 Å². The summed E-state index contributed by atoms with van der Waals surface area (Å²) < 4.78 is 1.87. The van der Waals surface area contributed by atoms with Crippen molar-refractivity contribution in [3.8, 4) is 0 Å². The van der Waals surface area contributed by atoms with Crippen LogP contribution in [0, 0.1) is 6.92 Å². The molecule has 0 fully saturated rings. The summed E-state index contributed by atoms with van der Waals surface area (Å²) in [4.78, 5) is 14.7. The standard InChI is InChI=1S/C9H10N4O2S2/c1-6-11-12-9(17-5-8(14)15)13(6)4-7-10-2-3-16-7/h2-3H,4-5H2,1H3,(H,14,15). The maximum atomic E-state index is 10.5. The average molecular weight is 270 g/mol. The Bertz CT molecular complexity index is 509. The van der Waals surface area contributed by atoms with Crippen LogP contribution in [0.25, 0.3) is 0 Å². The van der Waals surface area contributed by atoms with Crippen molar-refractivity contribution in [1.82, 2.24) is 19.7 Å². The van der Waals surface area contributed by atoms with Gasteiger partial charge < -0.3 is 5.11 Å². The Balaban J connectivity index is 2.14. The van der Waals surface area contributed by atoms with Crippen LogP contribution in [-0.2, 0) is 11.3 Å². The fraction of sp³-hybridized carbons (Fsp3) is 0.333. The third-order valence-corrected chi connectivity index (χ3v) is 3.72. The van der Waals surface area contributed by atoms with E-state index in [4.69, 9.17) is 5.11 Å². The molecule has 2 aromatic heterocycles. The van der Waals surface area contributed by atoms with Gasteiger partial charge in [-0.2, -0.15) is 0 Å². The summed E-state index contributed by atoms with van der Waals surface area (Å²) in [6.45, 7) is 2.42.